The van der Waals surface area contributed by atoms with Crippen LogP contribution in [-0.4, -0.2) is 44.7 Å². The Morgan fingerprint density at radius 1 is 1.25 bits per heavy atom. The van der Waals surface area contributed by atoms with E-state index in [4.69, 9.17) is 4.74 Å². The molecule has 0 bridgehead atoms. The molecule has 1 fully saturated rings. The summed E-state index contributed by atoms with van der Waals surface area (Å²) < 4.78 is 63.8. The van der Waals surface area contributed by atoms with Crippen LogP contribution >= 0.6 is 0 Å². The predicted molar refractivity (Wildman–Crippen MR) is 75.4 cm³/mol. The maximum atomic E-state index is 14.3. The first-order valence-corrected chi connectivity index (χ1v) is 7.20. The molecule has 0 aliphatic carbocycles. The first-order valence-electron chi connectivity index (χ1n) is 7.20. The molecule has 2 rings (SSSR count). The fourth-order valence-electron chi connectivity index (χ4n) is 2.37. The standard InChI is InChI=1S/C15H15F4NO4/c1-2-24-14(22)13(21)9-7-10(15(17,18)19)12(11(16)8-9)20-3-5-23-6-4-20/h7-8H,2-6H2,1H3. The average Bonchev–Trinajstić information content (AvgIpc) is 2.53. The van der Waals surface area contributed by atoms with Gasteiger partial charge in [-0.1, -0.05) is 0 Å². The van der Waals surface area contributed by atoms with E-state index in [9.17, 15) is 27.2 Å². The number of carbonyl (C=O) groups is 2. The van der Waals surface area contributed by atoms with Gasteiger partial charge < -0.3 is 14.4 Å². The molecule has 0 amide bonds. The van der Waals surface area contributed by atoms with E-state index in [2.05, 4.69) is 4.74 Å². The third kappa shape index (κ3) is 3.84. The van der Waals surface area contributed by atoms with Gasteiger partial charge in [0.2, 0.25) is 0 Å². The van der Waals surface area contributed by atoms with Crippen LogP contribution in [0.3, 0.4) is 0 Å². The number of morpholine rings is 1. The highest BCUT2D eigenvalue weighted by Crippen LogP contribution is 2.39. The van der Waals surface area contributed by atoms with Gasteiger partial charge in [-0.3, -0.25) is 4.79 Å². The smallest absolute Gasteiger partial charge is 0.418 e. The van der Waals surface area contributed by atoms with Crippen LogP contribution in [0.4, 0.5) is 23.2 Å². The molecule has 0 spiro atoms. The van der Waals surface area contributed by atoms with Gasteiger partial charge >= 0.3 is 12.1 Å². The molecule has 1 aromatic carbocycles. The number of alkyl halides is 3. The number of anilines is 1. The second kappa shape index (κ2) is 7.16. The summed E-state index contributed by atoms with van der Waals surface area (Å²) in [5.41, 5.74) is -2.65. The zero-order valence-corrected chi connectivity index (χ0v) is 12.8. The molecular weight excluding hydrogens is 334 g/mol. The average molecular weight is 349 g/mol. The van der Waals surface area contributed by atoms with Crippen molar-refractivity contribution in [2.24, 2.45) is 0 Å². The lowest BCUT2D eigenvalue weighted by Crippen LogP contribution is -2.38. The Labute approximate surface area is 135 Å². The van der Waals surface area contributed by atoms with Crippen molar-refractivity contribution in [3.8, 4) is 0 Å². The quantitative estimate of drug-likeness (QED) is 0.362. The maximum Gasteiger partial charge on any atom is 0.418 e. The summed E-state index contributed by atoms with van der Waals surface area (Å²) in [6.45, 7) is 1.83. The number of carbonyl (C=O) groups excluding carboxylic acids is 2. The third-order valence-electron chi connectivity index (χ3n) is 3.42. The largest absolute Gasteiger partial charge is 0.460 e. The Morgan fingerprint density at radius 3 is 2.42 bits per heavy atom. The van der Waals surface area contributed by atoms with Crippen molar-refractivity contribution in [1.82, 2.24) is 0 Å². The number of hydrogen-bond donors (Lipinski definition) is 0. The lowest BCUT2D eigenvalue weighted by Gasteiger charge is -2.31. The van der Waals surface area contributed by atoms with Crippen LogP contribution in [0, 0.1) is 5.82 Å². The van der Waals surface area contributed by atoms with E-state index >= 15 is 0 Å². The van der Waals surface area contributed by atoms with Crippen LogP contribution in [0.25, 0.3) is 0 Å². The van der Waals surface area contributed by atoms with Crippen molar-refractivity contribution in [1.29, 1.82) is 0 Å². The Hall–Kier alpha value is -2.16. The Morgan fingerprint density at radius 2 is 1.88 bits per heavy atom. The van der Waals surface area contributed by atoms with Crippen molar-refractivity contribution in [3.05, 3.63) is 29.1 Å². The zero-order chi connectivity index (χ0) is 17.9. The van der Waals surface area contributed by atoms with Gasteiger partial charge in [0.1, 0.15) is 5.82 Å². The van der Waals surface area contributed by atoms with Gasteiger partial charge in [0.15, 0.2) is 0 Å². The van der Waals surface area contributed by atoms with E-state index < -0.39 is 40.6 Å². The van der Waals surface area contributed by atoms with Crippen LogP contribution in [0.1, 0.15) is 22.8 Å². The Bertz CT molecular complexity index is 639. The van der Waals surface area contributed by atoms with Gasteiger partial charge in [-0.2, -0.15) is 13.2 Å². The van der Waals surface area contributed by atoms with E-state index in [1.807, 2.05) is 0 Å². The van der Waals surface area contributed by atoms with Crippen LogP contribution in [-0.2, 0) is 20.4 Å². The fourth-order valence-corrected chi connectivity index (χ4v) is 2.37. The summed E-state index contributed by atoms with van der Waals surface area (Å²) in [7, 11) is 0. The molecule has 0 N–H and O–H groups in total. The second-order valence-corrected chi connectivity index (χ2v) is 5.00. The van der Waals surface area contributed by atoms with Crippen molar-refractivity contribution in [3.63, 3.8) is 0 Å². The van der Waals surface area contributed by atoms with Crippen LogP contribution in [0.5, 0.6) is 0 Å². The molecule has 0 atom stereocenters. The molecule has 0 aromatic heterocycles. The number of Topliss-reactive ketones (excluding diaryl/α,β-unsaturated/α-hetero) is 1. The van der Waals surface area contributed by atoms with Crippen LogP contribution in [0.15, 0.2) is 12.1 Å². The molecule has 1 saturated heterocycles. The summed E-state index contributed by atoms with van der Waals surface area (Å²) in [5.74, 6) is -3.88. The molecular formula is C15H15F4NO4. The third-order valence-corrected chi connectivity index (χ3v) is 3.42. The lowest BCUT2D eigenvalue weighted by molar-refractivity contribution is -0.138. The highest BCUT2D eigenvalue weighted by atomic mass is 19.4. The summed E-state index contributed by atoms with van der Waals surface area (Å²) in [5, 5.41) is 0. The maximum absolute atomic E-state index is 14.3. The minimum absolute atomic E-state index is 0.0885. The predicted octanol–water partition coefficient (Wildman–Crippen LogP) is 2.43. The molecule has 1 aromatic rings. The van der Waals surface area contributed by atoms with E-state index in [0.29, 0.717) is 12.1 Å². The zero-order valence-electron chi connectivity index (χ0n) is 12.8. The van der Waals surface area contributed by atoms with Crippen molar-refractivity contribution < 1.29 is 36.6 Å². The number of esters is 1. The highest BCUT2D eigenvalue weighted by molar-refractivity contribution is 6.40. The van der Waals surface area contributed by atoms with E-state index in [-0.39, 0.29) is 32.9 Å². The highest BCUT2D eigenvalue weighted by Gasteiger charge is 2.38. The molecule has 1 aliphatic rings. The van der Waals surface area contributed by atoms with Crippen molar-refractivity contribution >= 4 is 17.4 Å². The van der Waals surface area contributed by atoms with Gasteiger partial charge in [-0.25, -0.2) is 9.18 Å². The first kappa shape index (κ1) is 18.2. The topological polar surface area (TPSA) is 55.8 Å². The number of ketones is 1. The van der Waals surface area contributed by atoms with Crippen molar-refractivity contribution in [2.45, 2.75) is 13.1 Å². The number of hydrogen-bond acceptors (Lipinski definition) is 5. The van der Waals surface area contributed by atoms with Crippen molar-refractivity contribution in [2.75, 3.05) is 37.8 Å². The van der Waals surface area contributed by atoms with Gasteiger partial charge in [-0.15, -0.1) is 0 Å². The van der Waals surface area contributed by atoms with Crippen LogP contribution in [0.2, 0.25) is 0 Å². The summed E-state index contributed by atoms with van der Waals surface area (Å²) in [4.78, 5) is 24.4. The van der Waals surface area contributed by atoms with E-state index in [0.717, 1.165) is 0 Å². The van der Waals surface area contributed by atoms with Gasteiger partial charge in [0.05, 0.1) is 31.1 Å². The van der Waals surface area contributed by atoms with E-state index in [1.165, 1.54) is 11.8 Å². The Kier molecular flexibility index (Phi) is 5.43. The second-order valence-electron chi connectivity index (χ2n) is 5.00. The van der Waals surface area contributed by atoms with Gasteiger partial charge in [0.25, 0.3) is 5.78 Å². The number of nitrogens with zero attached hydrogens (tertiary/aromatic N) is 1. The Balaban J connectivity index is 2.49. The van der Waals surface area contributed by atoms with Gasteiger partial charge in [0, 0.05) is 18.7 Å². The minimum atomic E-state index is -4.89. The van der Waals surface area contributed by atoms with Crippen LogP contribution < -0.4 is 4.90 Å². The number of rotatable bonds is 4. The summed E-state index contributed by atoms with van der Waals surface area (Å²) in [6, 6.07) is 1.10. The lowest BCUT2D eigenvalue weighted by atomic mass is 10.0. The summed E-state index contributed by atoms with van der Waals surface area (Å²) in [6.07, 6.45) is -4.89. The minimum Gasteiger partial charge on any atom is -0.460 e. The molecule has 24 heavy (non-hydrogen) atoms. The molecule has 9 heteroatoms. The molecule has 0 unspecified atom stereocenters. The number of halogens is 4. The first-order chi connectivity index (χ1) is 11.3. The molecule has 1 aliphatic heterocycles. The number of benzene rings is 1. The monoisotopic (exact) mass is 349 g/mol. The molecule has 1 heterocycles. The SMILES string of the molecule is CCOC(=O)C(=O)c1cc(F)c(N2CCOCC2)c(C(F)(F)F)c1. The molecule has 0 radical (unpaired) electrons. The van der Waals surface area contributed by atoms with E-state index in [1.54, 1.807) is 0 Å². The molecule has 132 valence electrons. The summed E-state index contributed by atoms with van der Waals surface area (Å²) >= 11 is 0. The molecule has 0 saturated carbocycles. The molecule has 5 nitrogen and oxygen atoms in total. The normalized spacial score (nSPS) is 15.3. The van der Waals surface area contributed by atoms with Gasteiger partial charge in [-0.05, 0) is 19.1 Å². The number of ether oxygens (including phenoxy) is 2. The fraction of sp³-hybridized carbons (Fsp3) is 0.467.